The van der Waals surface area contributed by atoms with Crippen LogP contribution in [0.25, 0.3) is 5.57 Å². The second-order valence-electron chi connectivity index (χ2n) is 8.54. The highest BCUT2D eigenvalue weighted by atomic mass is 16.5. The number of hydrogen-bond donors (Lipinski definition) is 0. The molecule has 0 spiro atoms. The summed E-state index contributed by atoms with van der Waals surface area (Å²) in [6.07, 6.45) is 7.31. The Bertz CT molecular complexity index is 1070. The Morgan fingerprint density at radius 1 is 1.10 bits per heavy atom. The minimum absolute atomic E-state index is 0.0603. The summed E-state index contributed by atoms with van der Waals surface area (Å²) in [4.78, 5) is 14.0. The number of nitrogens with zero attached hydrogens (tertiary/aromatic N) is 3. The molecule has 0 aromatic heterocycles. The lowest BCUT2D eigenvalue weighted by Gasteiger charge is -2.18. The maximum Gasteiger partial charge on any atom is 0.157 e. The van der Waals surface area contributed by atoms with E-state index in [1.165, 1.54) is 5.57 Å². The second kappa shape index (κ2) is 8.23. The molecular weight excluding hydrogens is 370 g/mol. The van der Waals surface area contributed by atoms with Crippen LogP contribution in [0, 0.1) is 5.41 Å². The quantitative estimate of drug-likeness (QED) is 0.471. The predicted molar refractivity (Wildman–Crippen MR) is 126 cm³/mol. The second-order valence-corrected chi connectivity index (χ2v) is 8.54. The molecule has 0 amide bonds. The molecule has 0 saturated carbocycles. The third kappa shape index (κ3) is 4.04. The lowest BCUT2D eigenvalue weighted by Crippen LogP contribution is -2.20. The zero-order valence-corrected chi connectivity index (χ0v) is 17.8. The van der Waals surface area contributed by atoms with Crippen LogP contribution in [0.4, 0.5) is 0 Å². The molecule has 4 heteroatoms. The Morgan fingerprint density at radius 2 is 1.90 bits per heavy atom. The fraction of sp³-hybridized carbons (Fsp3) is 0.269. The maximum atomic E-state index is 6.20. The van der Waals surface area contributed by atoms with E-state index in [-0.39, 0.29) is 11.5 Å². The molecule has 0 bridgehead atoms. The van der Waals surface area contributed by atoms with Crippen molar-refractivity contribution < 1.29 is 4.74 Å². The molecular formula is C26H27N3O. The Hall–Kier alpha value is -3.27. The molecule has 1 unspecified atom stereocenters. The highest BCUT2D eigenvalue weighted by molar-refractivity contribution is 6.11. The van der Waals surface area contributed by atoms with Crippen LogP contribution in [0.15, 0.2) is 81.7 Å². The number of amidine groups is 2. The normalized spacial score (nSPS) is 18.4. The third-order valence-electron chi connectivity index (χ3n) is 5.22. The van der Waals surface area contributed by atoms with E-state index in [4.69, 9.17) is 14.7 Å². The van der Waals surface area contributed by atoms with Gasteiger partial charge in [-0.25, -0.2) is 9.98 Å². The maximum absolute atomic E-state index is 6.20. The molecule has 4 rings (SSSR count). The van der Waals surface area contributed by atoms with E-state index >= 15 is 0 Å². The van der Waals surface area contributed by atoms with E-state index in [0.717, 1.165) is 28.9 Å². The van der Waals surface area contributed by atoms with Crippen molar-refractivity contribution in [1.82, 2.24) is 0 Å². The summed E-state index contributed by atoms with van der Waals surface area (Å²) in [5.41, 5.74) is 4.14. The largest absolute Gasteiger partial charge is 0.485 e. The topological polar surface area (TPSA) is 46.3 Å². The molecule has 1 atom stereocenters. The Kier molecular flexibility index (Phi) is 5.49. The summed E-state index contributed by atoms with van der Waals surface area (Å²) in [5, 5.41) is 0. The van der Waals surface area contributed by atoms with Gasteiger partial charge in [-0.2, -0.15) is 0 Å². The van der Waals surface area contributed by atoms with Gasteiger partial charge in [0.05, 0.1) is 6.54 Å². The Labute approximate surface area is 178 Å². The number of rotatable bonds is 3. The molecule has 1 aliphatic heterocycles. The van der Waals surface area contributed by atoms with Gasteiger partial charge in [-0.1, -0.05) is 81.5 Å². The zero-order valence-electron chi connectivity index (χ0n) is 17.8. The summed E-state index contributed by atoms with van der Waals surface area (Å²) in [6, 6.07) is 16.3. The van der Waals surface area contributed by atoms with E-state index in [2.05, 4.69) is 68.9 Å². The van der Waals surface area contributed by atoms with Crippen LogP contribution in [-0.2, 0) is 6.54 Å². The lowest BCUT2D eigenvalue weighted by atomic mass is 9.92. The summed E-state index contributed by atoms with van der Waals surface area (Å²) in [5.74, 6) is 2.21. The van der Waals surface area contributed by atoms with E-state index in [1.807, 2.05) is 30.3 Å². The van der Waals surface area contributed by atoms with Gasteiger partial charge in [0.25, 0.3) is 0 Å². The first-order valence-corrected chi connectivity index (χ1v) is 10.3. The average molecular weight is 398 g/mol. The van der Waals surface area contributed by atoms with Crippen molar-refractivity contribution in [2.75, 3.05) is 0 Å². The van der Waals surface area contributed by atoms with Crippen molar-refractivity contribution in [3.63, 3.8) is 0 Å². The van der Waals surface area contributed by atoms with E-state index in [1.54, 1.807) is 0 Å². The van der Waals surface area contributed by atoms with Crippen LogP contribution in [0.3, 0.4) is 0 Å². The lowest BCUT2D eigenvalue weighted by molar-refractivity contribution is 0.279. The van der Waals surface area contributed by atoms with Crippen LogP contribution >= 0.6 is 0 Å². The van der Waals surface area contributed by atoms with Crippen molar-refractivity contribution >= 4 is 24.0 Å². The van der Waals surface area contributed by atoms with Gasteiger partial charge in [-0.3, -0.25) is 4.99 Å². The van der Waals surface area contributed by atoms with Crippen molar-refractivity contribution in [3.8, 4) is 5.75 Å². The number of aliphatic imine (C=N–C) groups is 3. The van der Waals surface area contributed by atoms with E-state index < -0.39 is 0 Å². The highest BCUT2D eigenvalue weighted by Gasteiger charge is 2.32. The smallest absolute Gasteiger partial charge is 0.157 e. The van der Waals surface area contributed by atoms with Crippen LogP contribution in [-0.4, -0.2) is 24.5 Å². The zero-order chi connectivity index (χ0) is 21.1. The molecule has 0 radical (unpaired) electrons. The predicted octanol–water partition coefficient (Wildman–Crippen LogP) is 5.88. The van der Waals surface area contributed by atoms with Crippen molar-refractivity contribution in [2.24, 2.45) is 20.4 Å². The molecule has 2 aliphatic rings. The fourth-order valence-electron chi connectivity index (χ4n) is 3.70. The van der Waals surface area contributed by atoms with Gasteiger partial charge in [-0.05, 0) is 18.3 Å². The van der Waals surface area contributed by atoms with E-state index in [0.29, 0.717) is 18.2 Å². The molecule has 2 aromatic rings. The van der Waals surface area contributed by atoms with Crippen LogP contribution in [0.5, 0.6) is 5.75 Å². The summed E-state index contributed by atoms with van der Waals surface area (Å²) in [6.45, 7) is 10.5. The highest BCUT2D eigenvalue weighted by Crippen LogP contribution is 2.42. The van der Waals surface area contributed by atoms with Crippen molar-refractivity contribution in [2.45, 2.75) is 39.8 Å². The molecule has 1 aliphatic carbocycles. The third-order valence-corrected chi connectivity index (χ3v) is 5.22. The summed E-state index contributed by atoms with van der Waals surface area (Å²) in [7, 11) is 0. The SMILES string of the molecule is C=NC(=NC(=NCc1ccccc1)c1cccc2c1C1=CC=CCC1O2)C(C)(C)C. The van der Waals surface area contributed by atoms with Crippen molar-refractivity contribution in [1.29, 1.82) is 0 Å². The molecule has 152 valence electrons. The molecule has 1 heterocycles. The Balaban J connectivity index is 1.85. The first kappa shape index (κ1) is 20.0. The molecule has 0 saturated heterocycles. The number of hydrogen-bond acceptors (Lipinski definition) is 2. The van der Waals surface area contributed by atoms with Gasteiger partial charge in [0.15, 0.2) is 5.84 Å². The first-order chi connectivity index (χ1) is 14.5. The standard InChI is InChI=1S/C26H27N3O/c1-26(2,3)25(27-4)29-24(28-17-18-11-6-5-7-12-18)20-14-10-16-22-23(20)19-13-8-9-15-21(19)30-22/h5-14,16,21H,4,15,17H2,1-3H3. The minimum atomic E-state index is -0.237. The molecule has 0 fully saturated rings. The summed E-state index contributed by atoms with van der Waals surface area (Å²) >= 11 is 0. The Morgan fingerprint density at radius 3 is 2.63 bits per heavy atom. The minimum Gasteiger partial charge on any atom is -0.485 e. The van der Waals surface area contributed by atoms with Gasteiger partial charge >= 0.3 is 0 Å². The van der Waals surface area contributed by atoms with Gasteiger partial charge in [0.1, 0.15) is 17.7 Å². The number of fused-ring (bicyclic) bond motifs is 3. The average Bonchev–Trinajstić information content (AvgIpc) is 3.13. The van der Waals surface area contributed by atoms with Crippen LogP contribution in [0.1, 0.15) is 43.9 Å². The van der Waals surface area contributed by atoms with Crippen LogP contribution in [0.2, 0.25) is 0 Å². The van der Waals surface area contributed by atoms with Gasteiger partial charge in [0, 0.05) is 28.5 Å². The monoisotopic (exact) mass is 397 g/mol. The fourth-order valence-corrected chi connectivity index (χ4v) is 3.70. The number of allylic oxidation sites excluding steroid dienone is 2. The van der Waals surface area contributed by atoms with Crippen molar-refractivity contribution in [3.05, 3.63) is 83.4 Å². The van der Waals surface area contributed by atoms with E-state index in [9.17, 15) is 0 Å². The number of ether oxygens (including phenoxy) is 1. The number of benzene rings is 2. The summed E-state index contributed by atoms with van der Waals surface area (Å²) < 4.78 is 6.20. The molecule has 0 N–H and O–H groups in total. The van der Waals surface area contributed by atoms with Crippen LogP contribution < -0.4 is 4.74 Å². The molecule has 30 heavy (non-hydrogen) atoms. The van der Waals surface area contributed by atoms with Gasteiger partial charge in [-0.15, -0.1) is 0 Å². The molecule has 4 nitrogen and oxygen atoms in total. The van der Waals surface area contributed by atoms with Gasteiger partial charge in [0.2, 0.25) is 0 Å². The molecule has 2 aromatic carbocycles. The van der Waals surface area contributed by atoms with Gasteiger partial charge < -0.3 is 4.74 Å². The first-order valence-electron chi connectivity index (χ1n) is 10.3.